The molecule has 0 saturated heterocycles. The molecule has 0 amide bonds. The second kappa shape index (κ2) is 5.37. The first-order valence-electron chi connectivity index (χ1n) is 6.52. The Morgan fingerprint density at radius 3 is 2.70 bits per heavy atom. The van der Waals surface area contributed by atoms with Crippen molar-refractivity contribution in [2.45, 2.75) is 37.8 Å². The number of hydrogen-bond donors (Lipinski definition) is 3. The highest BCUT2D eigenvalue weighted by Crippen LogP contribution is 2.21. The van der Waals surface area contributed by atoms with Gasteiger partial charge in [0.1, 0.15) is 12.7 Å². The third-order valence-corrected chi connectivity index (χ3v) is 3.29. The van der Waals surface area contributed by atoms with Gasteiger partial charge in [0.2, 0.25) is 11.9 Å². The maximum Gasteiger partial charge on any atom is 0.258 e. The van der Waals surface area contributed by atoms with E-state index in [0.717, 1.165) is 25.7 Å². The normalized spacial score (nSPS) is 22.6. The topological polar surface area (TPSA) is 128 Å². The first-order valence-corrected chi connectivity index (χ1v) is 6.52. The first kappa shape index (κ1) is 12.7. The average Bonchev–Trinajstić information content (AvgIpc) is 2.95. The van der Waals surface area contributed by atoms with Crippen molar-refractivity contribution in [2.24, 2.45) is 0 Å². The van der Waals surface area contributed by atoms with E-state index < -0.39 is 0 Å². The largest absolute Gasteiger partial charge is 0.393 e. The number of aliphatic hydroxyl groups is 1. The van der Waals surface area contributed by atoms with Crippen LogP contribution in [0, 0.1) is 0 Å². The summed E-state index contributed by atoms with van der Waals surface area (Å²) in [6.45, 7) is 0. The monoisotopic (exact) mass is 276 g/mol. The Morgan fingerprint density at radius 2 is 2.00 bits per heavy atom. The minimum atomic E-state index is -0.192. The predicted octanol–water partition coefficient (Wildman–Crippen LogP) is -0.250. The van der Waals surface area contributed by atoms with E-state index in [1.165, 1.54) is 17.3 Å². The summed E-state index contributed by atoms with van der Waals surface area (Å²) in [5, 5.41) is 16.7. The van der Waals surface area contributed by atoms with Gasteiger partial charge in [-0.3, -0.25) is 0 Å². The highest BCUT2D eigenvalue weighted by Gasteiger charge is 2.20. The maximum absolute atomic E-state index is 9.50. The maximum atomic E-state index is 9.50. The Kier molecular flexibility index (Phi) is 3.42. The highest BCUT2D eigenvalue weighted by molar-refractivity contribution is 5.35. The van der Waals surface area contributed by atoms with Crippen LogP contribution in [0.5, 0.6) is 0 Å². The zero-order chi connectivity index (χ0) is 13.9. The van der Waals surface area contributed by atoms with Gasteiger partial charge in [-0.05, 0) is 25.7 Å². The van der Waals surface area contributed by atoms with Crippen molar-refractivity contribution in [1.29, 1.82) is 0 Å². The smallest absolute Gasteiger partial charge is 0.258 e. The standard InChI is InChI=1S/C11H16N8O/c12-9-16-10(15-7-1-3-8(20)4-2-7)18-11(17-9)19-6-13-5-14-19/h5-8,20H,1-4H2,(H3,12,15,16,17,18). The van der Waals surface area contributed by atoms with E-state index in [2.05, 4.69) is 30.4 Å². The molecule has 106 valence electrons. The molecule has 2 aromatic heterocycles. The SMILES string of the molecule is Nc1nc(NC2CCC(O)CC2)nc(-n2cncn2)n1. The van der Waals surface area contributed by atoms with Gasteiger partial charge in [0.15, 0.2) is 0 Å². The molecule has 0 aromatic carbocycles. The summed E-state index contributed by atoms with van der Waals surface area (Å²) in [4.78, 5) is 16.2. The Balaban J connectivity index is 1.76. The Morgan fingerprint density at radius 1 is 1.20 bits per heavy atom. The van der Waals surface area contributed by atoms with Gasteiger partial charge in [0.25, 0.3) is 5.95 Å². The van der Waals surface area contributed by atoms with E-state index in [9.17, 15) is 5.11 Å². The molecule has 1 aliphatic carbocycles. The van der Waals surface area contributed by atoms with E-state index in [1.54, 1.807) is 0 Å². The van der Waals surface area contributed by atoms with E-state index in [1.807, 2.05) is 0 Å². The van der Waals surface area contributed by atoms with Crippen molar-refractivity contribution in [1.82, 2.24) is 29.7 Å². The van der Waals surface area contributed by atoms with Crippen LogP contribution in [0.3, 0.4) is 0 Å². The summed E-state index contributed by atoms with van der Waals surface area (Å²) in [6.07, 6.45) is 6.03. The third-order valence-electron chi connectivity index (χ3n) is 3.29. The summed E-state index contributed by atoms with van der Waals surface area (Å²) in [5.74, 6) is 0.876. The molecule has 0 radical (unpaired) electrons. The predicted molar refractivity (Wildman–Crippen MR) is 71.0 cm³/mol. The van der Waals surface area contributed by atoms with Crippen molar-refractivity contribution in [2.75, 3.05) is 11.1 Å². The minimum absolute atomic E-state index is 0.129. The van der Waals surface area contributed by atoms with Crippen LogP contribution < -0.4 is 11.1 Å². The van der Waals surface area contributed by atoms with Gasteiger partial charge in [-0.1, -0.05) is 0 Å². The van der Waals surface area contributed by atoms with E-state index in [4.69, 9.17) is 5.73 Å². The molecule has 9 nitrogen and oxygen atoms in total. The molecule has 0 atom stereocenters. The second-order valence-electron chi connectivity index (χ2n) is 4.81. The fourth-order valence-corrected chi connectivity index (χ4v) is 2.26. The molecule has 9 heteroatoms. The van der Waals surface area contributed by atoms with Gasteiger partial charge in [0.05, 0.1) is 6.10 Å². The van der Waals surface area contributed by atoms with E-state index in [0.29, 0.717) is 11.9 Å². The molecule has 1 fully saturated rings. The summed E-state index contributed by atoms with van der Waals surface area (Å²) >= 11 is 0. The molecule has 0 aliphatic heterocycles. The number of hydrogen-bond acceptors (Lipinski definition) is 8. The Labute approximate surface area is 115 Å². The van der Waals surface area contributed by atoms with Crippen LogP contribution in [-0.4, -0.2) is 47.0 Å². The fourth-order valence-electron chi connectivity index (χ4n) is 2.26. The van der Waals surface area contributed by atoms with Gasteiger partial charge in [-0.15, -0.1) is 0 Å². The van der Waals surface area contributed by atoms with E-state index >= 15 is 0 Å². The number of anilines is 2. The molecule has 0 spiro atoms. The third kappa shape index (κ3) is 2.82. The lowest BCUT2D eigenvalue weighted by Crippen LogP contribution is -2.29. The number of aliphatic hydroxyl groups excluding tert-OH is 1. The molecular weight excluding hydrogens is 260 g/mol. The van der Waals surface area contributed by atoms with Crippen LogP contribution in [0.15, 0.2) is 12.7 Å². The number of nitrogen functional groups attached to an aromatic ring is 1. The molecule has 0 unspecified atom stereocenters. The number of nitrogens with one attached hydrogen (secondary N) is 1. The molecule has 2 aromatic rings. The molecule has 1 saturated carbocycles. The molecule has 1 aliphatic rings. The molecule has 4 N–H and O–H groups in total. The average molecular weight is 276 g/mol. The lowest BCUT2D eigenvalue weighted by molar-refractivity contribution is 0.126. The summed E-state index contributed by atoms with van der Waals surface area (Å²) in [5.41, 5.74) is 5.69. The van der Waals surface area contributed by atoms with Gasteiger partial charge in [0, 0.05) is 6.04 Å². The highest BCUT2D eigenvalue weighted by atomic mass is 16.3. The van der Waals surface area contributed by atoms with Crippen LogP contribution >= 0.6 is 0 Å². The molecule has 20 heavy (non-hydrogen) atoms. The van der Waals surface area contributed by atoms with E-state index in [-0.39, 0.29) is 18.1 Å². The molecule has 3 rings (SSSR count). The van der Waals surface area contributed by atoms with Gasteiger partial charge >= 0.3 is 0 Å². The summed E-state index contributed by atoms with van der Waals surface area (Å²) in [6, 6.07) is 0.240. The van der Waals surface area contributed by atoms with Crippen LogP contribution in [0.1, 0.15) is 25.7 Å². The summed E-state index contributed by atoms with van der Waals surface area (Å²) < 4.78 is 1.42. The van der Waals surface area contributed by atoms with Crippen LogP contribution in [0.25, 0.3) is 5.95 Å². The molecular formula is C11H16N8O. The minimum Gasteiger partial charge on any atom is -0.393 e. The summed E-state index contributed by atoms with van der Waals surface area (Å²) in [7, 11) is 0. The van der Waals surface area contributed by atoms with Crippen molar-refractivity contribution >= 4 is 11.9 Å². The first-order chi connectivity index (χ1) is 9.70. The van der Waals surface area contributed by atoms with Crippen molar-refractivity contribution in [3.05, 3.63) is 12.7 Å². The number of aromatic nitrogens is 6. The quantitative estimate of drug-likeness (QED) is 0.700. The lowest BCUT2D eigenvalue weighted by Gasteiger charge is -2.26. The van der Waals surface area contributed by atoms with Crippen LogP contribution in [0.2, 0.25) is 0 Å². The van der Waals surface area contributed by atoms with Crippen LogP contribution in [-0.2, 0) is 0 Å². The lowest BCUT2D eigenvalue weighted by atomic mass is 9.93. The second-order valence-corrected chi connectivity index (χ2v) is 4.81. The number of nitrogens with zero attached hydrogens (tertiary/aromatic N) is 6. The van der Waals surface area contributed by atoms with Crippen molar-refractivity contribution in [3.8, 4) is 5.95 Å². The Hall–Kier alpha value is -2.29. The zero-order valence-corrected chi connectivity index (χ0v) is 10.8. The Bertz CT molecular complexity index is 564. The molecule has 0 bridgehead atoms. The number of rotatable bonds is 3. The number of nitrogens with two attached hydrogens (primary N) is 1. The van der Waals surface area contributed by atoms with Crippen molar-refractivity contribution in [3.63, 3.8) is 0 Å². The van der Waals surface area contributed by atoms with Gasteiger partial charge in [-0.2, -0.15) is 24.7 Å². The van der Waals surface area contributed by atoms with Gasteiger partial charge < -0.3 is 16.2 Å². The van der Waals surface area contributed by atoms with Crippen LogP contribution in [0.4, 0.5) is 11.9 Å². The fraction of sp³-hybridized carbons (Fsp3) is 0.545. The zero-order valence-electron chi connectivity index (χ0n) is 10.8. The van der Waals surface area contributed by atoms with Gasteiger partial charge in [-0.25, -0.2) is 4.98 Å². The molecule has 2 heterocycles. The van der Waals surface area contributed by atoms with Crippen molar-refractivity contribution < 1.29 is 5.11 Å².